The summed E-state index contributed by atoms with van der Waals surface area (Å²) in [6.45, 7) is 7.03. The fraction of sp³-hybridized carbons (Fsp3) is 0.919. The summed E-state index contributed by atoms with van der Waals surface area (Å²) in [5.74, 6) is -3.78. The van der Waals surface area contributed by atoms with Crippen molar-refractivity contribution in [1.82, 2.24) is 0 Å². The molecule has 32 nitrogen and oxygen atoms in total. The summed E-state index contributed by atoms with van der Waals surface area (Å²) in [6, 6.07) is 0. The summed E-state index contributed by atoms with van der Waals surface area (Å²) >= 11 is 0. The maximum atomic E-state index is 14.3. The number of esters is 3. The fourth-order valence-electron chi connectivity index (χ4n) is 12.4. The molecule has 7 saturated heterocycles. The van der Waals surface area contributed by atoms with Crippen LogP contribution in [0.5, 0.6) is 0 Å². The number of carbonyl (C=O) groups is 3. The summed E-state index contributed by atoms with van der Waals surface area (Å²) in [5.41, 5.74) is -0.00308. The molecule has 0 spiro atoms. The fourth-order valence-corrected chi connectivity index (χ4v) is 12.4. The molecule has 2 bridgehead atoms. The van der Waals surface area contributed by atoms with Gasteiger partial charge < -0.3 is 143 Å². The Labute approximate surface area is 546 Å². The Morgan fingerprint density at radius 2 is 1.04 bits per heavy atom. The quantitative estimate of drug-likeness (QED) is 0.0267. The van der Waals surface area contributed by atoms with Crippen LogP contribution in [0.3, 0.4) is 0 Å². The van der Waals surface area contributed by atoms with Gasteiger partial charge in [0.1, 0.15) is 116 Å². The normalized spacial score (nSPS) is 44.7. The molecule has 32 atom stereocenters. The van der Waals surface area contributed by atoms with Gasteiger partial charge in [-0.1, -0.05) is 84.6 Å². The zero-order chi connectivity index (χ0) is 68.8. The van der Waals surface area contributed by atoms with Gasteiger partial charge in [0.05, 0.1) is 50.7 Å². The lowest BCUT2D eigenvalue weighted by molar-refractivity contribution is -0.414. The van der Waals surface area contributed by atoms with Crippen LogP contribution in [0.1, 0.15) is 138 Å². The predicted octanol–water partition coefficient (Wildman–Crippen LogP) is -2.88. The first-order valence-electron chi connectivity index (χ1n) is 33.2. The third-order valence-corrected chi connectivity index (χ3v) is 18.7. The topological polar surface area (TPSA) is 473 Å². The summed E-state index contributed by atoms with van der Waals surface area (Å²) in [5, 5.41) is 158. The lowest BCUT2D eigenvalue weighted by Gasteiger charge is -2.51. The van der Waals surface area contributed by atoms with Gasteiger partial charge in [0.25, 0.3) is 0 Å². The molecule has 0 aromatic rings. The molecule has 7 heterocycles. The minimum atomic E-state index is -2.23. The van der Waals surface area contributed by atoms with Crippen LogP contribution in [0.4, 0.5) is 0 Å². The average Bonchev–Trinajstić information content (AvgIpc) is 0.771. The zero-order valence-corrected chi connectivity index (χ0v) is 54.4. The highest BCUT2D eigenvalue weighted by molar-refractivity contribution is 5.87. The Balaban J connectivity index is 1.34. The molecule has 0 aromatic carbocycles. The van der Waals surface area contributed by atoms with Gasteiger partial charge in [-0.25, -0.2) is 4.79 Å². The van der Waals surface area contributed by atoms with Crippen molar-refractivity contribution in [3.05, 3.63) is 11.6 Å². The molecule has 32 heteroatoms. The van der Waals surface area contributed by atoms with Gasteiger partial charge in [-0.05, 0) is 53.4 Å². The van der Waals surface area contributed by atoms with Crippen molar-refractivity contribution in [2.24, 2.45) is 5.92 Å². The number of rotatable bonds is 19. The van der Waals surface area contributed by atoms with Gasteiger partial charge >= 0.3 is 17.9 Å². The molecule has 7 aliphatic heterocycles. The molecular weight excluding hydrogens is 1260 g/mol. The van der Waals surface area contributed by atoms with E-state index in [-0.39, 0.29) is 18.4 Å². The molecule has 7 aliphatic rings. The van der Waals surface area contributed by atoms with Crippen molar-refractivity contribution < 1.29 is 157 Å². The Morgan fingerprint density at radius 3 is 1.69 bits per heavy atom. The minimum Gasteiger partial charge on any atom is -0.454 e. The summed E-state index contributed by atoms with van der Waals surface area (Å²) in [6.07, 6.45) is -46.5. The first-order valence-corrected chi connectivity index (χ1v) is 33.2. The summed E-state index contributed by atoms with van der Waals surface area (Å²) in [7, 11) is 0. The van der Waals surface area contributed by atoms with Crippen molar-refractivity contribution in [3.8, 4) is 0 Å². The van der Waals surface area contributed by atoms with Crippen LogP contribution >= 0.6 is 0 Å². The van der Waals surface area contributed by atoms with Gasteiger partial charge in [0.2, 0.25) is 0 Å². The van der Waals surface area contributed by atoms with Crippen LogP contribution in [-0.2, 0) is 85.4 Å². The summed E-state index contributed by atoms with van der Waals surface area (Å²) in [4.78, 5) is 41.6. The minimum absolute atomic E-state index is 0.00308. The molecule has 14 N–H and O–H groups in total. The number of unbranched alkanes of at least 4 members (excludes halogenated alkanes) is 2. The van der Waals surface area contributed by atoms with E-state index in [9.17, 15) is 85.9 Å². The van der Waals surface area contributed by atoms with Crippen molar-refractivity contribution >= 4 is 17.9 Å². The SMILES string of the molecule is CC=C(C)C(=O)OC1C(O)C(OC2C(O)C(C)OC(OC3C4OC(CO)C(O)C3OC3OC(CO)C(O)C(O)C3OC(=O)CCCCCCCCCC(CCCCC)OC3OC(C)C(O)C(O)C3O4)C2OC(=O)C(C)CC)OC(CO)C1OC1OC(CO)C(O)C(O)C1O. The molecule has 0 saturated carbocycles. The van der Waals surface area contributed by atoms with Crippen molar-refractivity contribution in [2.75, 3.05) is 26.4 Å². The van der Waals surface area contributed by atoms with Crippen LogP contribution in [0.25, 0.3) is 0 Å². The molecule has 7 rings (SSSR count). The van der Waals surface area contributed by atoms with Gasteiger partial charge in [-0.2, -0.15) is 0 Å². The third kappa shape index (κ3) is 19.1. The second-order valence-electron chi connectivity index (χ2n) is 25.5. The van der Waals surface area contributed by atoms with Crippen LogP contribution in [0.2, 0.25) is 0 Å². The largest absolute Gasteiger partial charge is 0.454 e. The number of fused-ring (bicyclic) bond motifs is 4. The molecule has 544 valence electrons. The molecular formula is C62H104O32. The van der Waals surface area contributed by atoms with E-state index in [0.717, 1.165) is 51.4 Å². The van der Waals surface area contributed by atoms with Crippen molar-refractivity contribution in [3.63, 3.8) is 0 Å². The highest BCUT2D eigenvalue weighted by Gasteiger charge is 2.60. The van der Waals surface area contributed by atoms with Gasteiger partial charge in [-0.15, -0.1) is 0 Å². The van der Waals surface area contributed by atoms with Crippen LogP contribution in [0.15, 0.2) is 11.6 Å². The third-order valence-electron chi connectivity index (χ3n) is 18.7. The monoisotopic (exact) mass is 1360 g/mol. The summed E-state index contributed by atoms with van der Waals surface area (Å²) < 4.78 is 93.5. The maximum Gasteiger partial charge on any atom is 0.333 e. The van der Waals surface area contributed by atoms with Crippen LogP contribution in [0, 0.1) is 5.92 Å². The number of hydrogen-bond acceptors (Lipinski definition) is 32. The Morgan fingerprint density at radius 1 is 0.500 bits per heavy atom. The first-order chi connectivity index (χ1) is 44.9. The zero-order valence-electron chi connectivity index (χ0n) is 54.4. The molecule has 32 unspecified atom stereocenters. The van der Waals surface area contributed by atoms with Gasteiger partial charge in [0, 0.05) is 12.0 Å². The molecule has 0 aliphatic carbocycles. The molecule has 7 fully saturated rings. The van der Waals surface area contributed by atoms with Crippen LogP contribution < -0.4 is 0 Å². The molecule has 0 amide bonds. The average molecular weight is 1360 g/mol. The maximum absolute atomic E-state index is 14.3. The Bertz CT molecular complexity index is 2320. The van der Waals surface area contributed by atoms with Gasteiger partial charge in [0.15, 0.2) is 56.1 Å². The number of allylic oxidation sites excluding steroid dienone is 1. The smallest absolute Gasteiger partial charge is 0.333 e. The Hall–Kier alpha value is -2.89. The standard InChI is InChI=1S/C62H104O32/c1-8-11-17-20-31-21-18-15-13-12-14-16-19-22-36(67)87-51-44(75)40(71)33(24-64)84-60(51)92-49-41(72)34(25-65)85-62(93-52-43(74)37(68)29(6)80-59(52)82-31)54(49)94-61-53(89-56(79)28(5)10-3)48(38(69)30(7)81-61)91-58-46(77)50(88-55(78)27(4)9-2)47(35(26-66)86-58)90-57-45(76)42(73)39(70)32(23-63)83-57/h9,28-35,37-54,57-66,68-77H,8,10-26H2,1-7H3. The van der Waals surface area contributed by atoms with E-state index in [0.29, 0.717) is 25.7 Å². The molecule has 0 radical (unpaired) electrons. The lowest BCUT2D eigenvalue weighted by Crippen LogP contribution is -2.69. The Kier molecular flexibility index (Phi) is 30.9. The number of aliphatic hydroxyl groups excluding tert-OH is 14. The first kappa shape index (κ1) is 78.4. The van der Waals surface area contributed by atoms with E-state index in [4.69, 9.17) is 71.1 Å². The second-order valence-corrected chi connectivity index (χ2v) is 25.5. The number of ether oxygens (including phenoxy) is 15. The van der Waals surface area contributed by atoms with Crippen LogP contribution in [-0.4, -0.2) is 306 Å². The number of aliphatic hydroxyl groups is 14. The molecule has 0 aromatic heterocycles. The van der Waals surface area contributed by atoms with Crippen molar-refractivity contribution in [1.29, 1.82) is 0 Å². The van der Waals surface area contributed by atoms with Gasteiger partial charge in [-0.3, -0.25) is 9.59 Å². The number of hydrogen-bond donors (Lipinski definition) is 14. The van der Waals surface area contributed by atoms with E-state index < -0.39 is 241 Å². The molecule has 94 heavy (non-hydrogen) atoms. The van der Waals surface area contributed by atoms with E-state index in [1.54, 1.807) is 6.92 Å². The van der Waals surface area contributed by atoms with E-state index >= 15 is 0 Å². The highest BCUT2D eigenvalue weighted by atomic mass is 16.8. The van der Waals surface area contributed by atoms with Crippen molar-refractivity contribution in [2.45, 2.75) is 329 Å². The second kappa shape index (κ2) is 37.0. The van der Waals surface area contributed by atoms with E-state index in [1.807, 2.05) is 6.92 Å². The van der Waals surface area contributed by atoms with E-state index in [2.05, 4.69) is 0 Å². The lowest BCUT2D eigenvalue weighted by atomic mass is 9.95. The number of carbonyl (C=O) groups excluding carboxylic acids is 3. The highest BCUT2D eigenvalue weighted by Crippen LogP contribution is 2.41. The predicted molar refractivity (Wildman–Crippen MR) is 315 cm³/mol. The van der Waals surface area contributed by atoms with E-state index in [1.165, 1.54) is 40.7 Å².